The summed E-state index contributed by atoms with van der Waals surface area (Å²) >= 11 is 0. The minimum absolute atomic E-state index is 0.0736. The summed E-state index contributed by atoms with van der Waals surface area (Å²) in [6.45, 7) is 2.01. The van der Waals surface area contributed by atoms with Crippen molar-refractivity contribution in [3.05, 3.63) is 17.0 Å². The van der Waals surface area contributed by atoms with Crippen molar-refractivity contribution in [1.29, 1.82) is 0 Å². The number of fused-ring (bicyclic) bond motifs is 1. The average molecular weight is 223 g/mol. The van der Waals surface area contributed by atoms with Crippen molar-refractivity contribution < 1.29 is 18.8 Å². The Bertz CT molecular complexity index is 422. The van der Waals surface area contributed by atoms with Crippen LogP contribution >= 0.6 is 0 Å². The number of carbonyl (C=O) groups is 2. The van der Waals surface area contributed by atoms with E-state index in [0.717, 1.165) is 12.8 Å². The molecule has 1 aliphatic rings. The summed E-state index contributed by atoms with van der Waals surface area (Å²) in [5.41, 5.74) is 0.771. The van der Waals surface area contributed by atoms with Gasteiger partial charge in [0.05, 0.1) is 6.61 Å². The lowest BCUT2D eigenvalue weighted by Gasteiger charge is -1.99. The van der Waals surface area contributed by atoms with Gasteiger partial charge in [-0.05, 0) is 26.2 Å². The summed E-state index contributed by atoms with van der Waals surface area (Å²) in [7, 11) is 0. The van der Waals surface area contributed by atoms with Crippen LogP contribution in [0.3, 0.4) is 0 Å². The SMILES string of the molecule is CCOC(=O)c1noc2c1CCCCC2=O. The fraction of sp³-hybridized carbons (Fsp3) is 0.545. The smallest absolute Gasteiger partial charge is 0.360 e. The largest absolute Gasteiger partial charge is 0.461 e. The minimum atomic E-state index is -0.512. The maximum atomic E-state index is 11.6. The summed E-state index contributed by atoms with van der Waals surface area (Å²) in [6.07, 6.45) is 2.81. The van der Waals surface area contributed by atoms with Crippen LogP contribution < -0.4 is 0 Å². The molecule has 1 aromatic heterocycles. The van der Waals surface area contributed by atoms with Crippen LogP contribution in [0.15, 0.2) is 4.52 Å². The maximum Gasteiger partial charge on any atom is 0.360 e. The number of Topliss-reactive ketones (excluding diaryl/α,β-unsaturated/α-hetero) is 1. The van der Waals surface area contributed by atoms with Crippen LogP contribution in [0, 0.1) is 0 Å². The van der Waals surface area contributed by atoms with Gasteiger partial charge >= 0.3 is 5.97 Å². The summed E-state index contributed by atoms with van der Waals surface area (Å²) < 4.78 is 9.80. The molecule has 0 spiro atoms. The first-order chi connectivity index (χ1) is 7.74. The highest BCUT2D eigenvalue weighted by Gasteiger charge is 2.28. The van der Waals surface area contributed by atoms with E-state index in [1.807, 2.05) is 0 Å². The molecule has 0 aromatic carbocycles. The molecule has 0 saturated heterocycles. The highest BCUT2D eigenvalue weighted by atomic mass is 16.5. The van der Waals surface area contributed by atoms with Crippen molar-refractivity contribution >= 4 is 11.8 Å². The zero-order valence-corrected chi connectivity index (χ0v) is 9.12. The van der Waals surface area contributed by atoms with E-state index in [9.17, 15) is 9.59 Å². The van der Waals surface area contributed by atoms with Crippen LogP contribution in [0.2, 0.25) is 0 Å². The Morgan fingerprint density at radius 1 is 1.44 bits per heavy atom. The summed E-state index contributed by atoms with van der Waals surface area (Å²) in [6, 6.07) is 0. The second-order valence-electron chi connectivity index (χ2n) is 3.69. The standard InChI is InChI=1S/C11H13NO4/c1-2-15-11(14)9-7-5-3-4-6-8(13)10(7)16-12-9/h2-6H2,1H3. The van der Waals surface area contributed by atoms with Gasteiger partial charge in [0.2, 0.25) is 11.5 Å². The Morgan fingerprint density at radius 3 is 2.94 bits per heavy atom. The first-order valence-corrected chi connectivity index (χ1v) is 5.43. The summed E-state index contributed by atoms with van der Waals surface area (Å²) in [5.74, 6) is -0.349. The lowest BCUT2D eigenvalue weighted by molar-refractivity contribution is 0.0512. The zero-order valence-electron chi connectivity index (χ0n) is 9.12. The third-order valence-corrected chi connectivity index (χ3v) is 2.59. The van der Waals surface area contributed by atoms with Crippen molar-refractivity contribution in [2.24, 2.45) is 0 Å². The van der Waals surface area contributed by atoms with E-state index >= 15 is 0 Å². The molecule has 0 radical (unpaired) electrons. The van der Waals surface area contributed by atoms with Gasteiger partial charge in [-0.3, -0.25) is 4.79 Å². The topological polar surface area (TPSA) is 69.4 Å². The molecule has 1 heterocycles. The second kappa shape index (κ2) is 4.47. The number of ether oxygens (including phenoxy) is 1. The number of esters is 1. The number of hydrogen-bond donors (Lipinski definition) is 0. The highest BCUT2D eigenvalue weighted by molar-refractivity contribution is 5.98. The van der Waals surface area contributed by atoms with E-state index in [0.29, 0.717) is 18.4 Å². The molecule has 0 N–H and O–H groups in total. The van der Waals surface area contributed by atoms with Crippen molar-refractivity contribution in [2.45, 2.75) is 32.6 Å². The fourth-order valence-electron chi connectivity index (χ4n) is 1.82. The molecular weight excluding hydrogens is 210 g/mol. The Hall–Kier alpha value is -1.65. The van der Waals surface area contributed by atoms with Crippen LogP contribution in [0.1, 0.15) is 52.8 Å². The number of nitrogens with zero attached hydrogens (tertiary/aromatic N) is 1. The van der Waals surface area contributed by atoms with Gasteiger partial charge in [-0.15, -0.1) is 0 Å². The average Bonchev–Trinajstić information content (AvgIpc) is 2.60. The quantitative estimate of drug-likeness (QED) is 0.564. The monoisotopic (exact) mass is 223 g/mol. The number of carbonyl (C=O) groups excluding carboxylic acids is 2. The minimum Gasteiger partial charge on any atom is -0.461 e. The predicted octanol–water partition coefficient (Wildman–Crippen LogP) is 1.76. The molecule has 0 saturated carbocycles. The van der Waals surface area contributed by atoms with Gasteiger partial charge in [-0.2, -0.15) is 0 Å². The normalized spacial score (nSPS) is 15.4. The molecule has 0 unspecified atom stereocenters. The molecule has 0 amide bonds. The van der Waals surface area contributed by atoms with E-state index in [4.69, 9.17) is 9.26 Å². The summed E-state index contributed by atoms with van der Waals surface area (Å²) in [4.78, 5) is 23.2. The summed E-state index contributed by atoms with van der Waals surface area (Å²) in [5, 5.41) is 3.64. The molecule has 86 valence electrons. The second-order valence-corrected chi connectivity index (χ2v) is 3.69. The molecule has 0 aliphatic heterocycles. The van der Waals surface area contributed by atoms with Gasteiger partial charge in [0, 0.05) is 12.0 Å². The van der Waals surface area contributed by atoms with Crippen molar-refractivity contribution in [2.75, 3.05) is 6.61 Å². The van der Waals surface area contributed by atoms with Gasteiger partial charge in [0.25, 0.3) is 0 Å². The molecule has 16 heavy (non-hydrogen) atoms. The number of aromatic nitrogens is 1. The molecule has 0 atom stereocenters. The van der Waals surface area contributed by atoms with Crippen LogP contribution in [0.5, 0.6) is 0 Å². The Kier molecular flexibility index (Phi) is 3.03. The van der Waals surface area contributed by atoms with Gasteiger partial charge < -0.3 is 9.26 Å². The Morgan fingerprint density at radius 2 is 2.19 bits per heavy atom. The van der Waals surface area contributed by atoms with Crippen molar-refractivity contribution in [1.82, 2.24) is 5.16 Å². The highest BCUT2D eigenvalue weighted by Crippen LogP contribution is 2.24. The van der Waals surface area contributed by atoms with Gasteiger partial charge in [0.1, 0.15) is 0 Å². The molecule has 5 heteroatoms. The lowest BCUT2D eigenvalue weighted by atomic mass is 10.1. The predicted molar refractivity (Wildman–Crippen MR) is 54.3 cm³/mol. The number of rotatable bonds is 2. The van der Waals surface area contributed by atoms with Crippen LogP contribution in [0.25, 0.3) is 0 Å². The van der Waals surface area contributed by atoms with Gasteiger partial charge in [-0.1, -0.05) is 5.16 Å². The van der Waals surface area contributed by atoms with Gasteiger partial charge in [0.15, 0.2) is 5.69 Å². The number of ketones is 1. The van der Waals surface area contributed by atoms with Crippen LogP contribution in [-0.2, 0) is 11.2 Å². The molecule has 5 nitrogen and oxygen atoms in total. The third kappa shape index (κ3) is 1.85. The maximum absolute atomic E-state index is 11.6. The fourth-order valence-corrected chi connectivity index (χ4v) is 1.82. The van der Waals surface area contributed by atoms with Crippen molar-refractivity contribution in [3.8, 4) is 0 Å². The van der Waals surface area contributed by atoms with E-state index in [2.05, 4.69) is 5.16 Å². The molecule has 2 rings (SSSR count). The first-order valence-electron chi connectivity index (χ1n) is 5.43. The Balaban J connectivity index is 2.35. The van der Waals surface area contributed by atoms with E-state index in [1.165, 1.54) is 0 Å². The molecule has 1 aromatic rings. The van der Waals surface area contributed by atoms with E-state index < -0.39 is 5.97 Å². The zero-order chi connectivity index (χ0) is 11.5. The van der Waals surface area contributed by atoms with E-state index in [-0.39, 0.29) is 23.8 Å². The van der Waals surface area contributed by atoms with Gasteiger partial charge in [-0.25, -0.2) is 4.79 Å². The molecule has 1 aliphatic carbocycles. The van der Waals surface area contributed by atoms with Crippen LogP contribution in [-0.4, -0.2) is 23.5 Å². The van der Waals surface area contributed by atoms with Crippen molar-refractivity contribution in [3.63, 3.8) is 0 Å². The third-order valence-electron chi connectivity index (χ3n) is 2.59. The molecule has 0 fully saturated rings. The lowest BCUT2D eigenvalue weighted by Crippen LogP contribution is -2.08. The van der Waals surface area contributed by atoms with E-state index in [1.54, 1.807) is 6.92 Å². The van der Waals surface area contributed by atoms with Crippen LogP contribution in [0.4, 0.5) is 0 Å². The first kappa shape index (κ1) is 10.9. The molecular formula is C11H13NO4. The Labute approximate surface area is 92.7 Å². The number of hydrogen-bond acceptors (Lipinski definition) is 5. The molecule has 0 bridgehead atoms.